The Kier molecular flexibility index (Phi) is 9.72. The number of hydrogen-bond donors (Lipinski definition) is 2. The fraction of sp³-hybridized carbons (Fsp3) is 0.0645. The minimum Gasteiger partial charge on any atom is -0.496 e. The minimum absolute atomic E-state index is 0.0332. The van der Waals surface area contributed by atoms with E-state index in [0.717, 1.165) is 4.90 Å². The van der Waals surface area contributed by atoms with Crippen LogP contribution in [0.1, 0.15) is 26.3 Å². The van der Waals surface area contributed by atoms with Gasteiger partial charge in [-0.1, -0.05) is 48.0 Å². The number of amides is 2. The number of para-hydroxylation sites is 1. The first-order valence-corrected chi connectivity index (χ1v) is 13.4. The maximum absolute atomic E-state index is 14.5. The number of ketones is 1. The number of benzene rings is 4. The van der Waals surface area contributed by atoms with Gasteiger partial charge in [0.2, 0.25) is 0 Å². The average Bonchev–Trinajstić information content (AvgIpc) is 2.98. The van der Waals surface area contributed by atoms with Crippen molar-refractivity contribution in [3.8, 4) is 5.75 Å². The summed E-state index contributed by atoms with van der Waals surface area (Å²) in [5, 5.41) is 5.36. The van der Waals surface area contributed by atoms with E-state index in [2.05, 4.69) is 10.6 Å². The largest absolute Gasteiger partial charge is 0.496 e. The molecule has 0 aliphatic heterocycles. The number of Topliss-reactive ketones (excluding diaryl/α,β-unsaturated/α-hetero) is 1. The molecule has 0 saturated carbocycles. The van der Waals surface area contributed by atoms with E-state index in [9.17, 15) is 18.8 Å². The molecule has 0 bridgehead atoms. The second kappa shape index (κ2) is 13.6. The summed E-state index contributed by atoms with van der Waals surface area (Å²) in [5.74, 6) is -1.21. The van der Waals surface area contributed by atoms with Crippen LogP contribution in [0.3, 0.4) is 0 Å². The molecule has 4 rings (SSSR count). The minimum atomic E-state index is -0.671. The Bertz CT molecular complexity index is 1540. The first kappa shape index (κ1) is 28.6. The number of hydrogen-bond acceptors (Lipinski definition) is 5. The topological polar surface area (TPSA) is 84.5 Å². The summed E-state index contributed by atoms with van der Waals surface area (Å²) in [7, 11) is 1.52. The van der Waals surface area contributed by atoms with Crippen molar-refractivity contribution in [3.63, 3.8) is 0 Å². The third-order valence-electron chi connectivity index (χ3n) is 5.71. The van der Waals surface area contributed by atoms with Gasteiger partial charge in [-0.15, -0.1) is 11.8 Å². The number of nitrogens with one attached hydrogen (secondary N) is 2. The van der Waals surface area contributed by atoms with Crippen LogP contribution in [0, 0.1) is 5.82 Å². The van der Waals surface area contributed by atoms with E-state index >= 15 is 0 Å². The van der Waals surface area contributed by atoms with Gasteiger partial charge in [0, 0.05) is 21.7 Å². The third-order valence-corrected chi connectivity index (χ3v) is 7.05. The van der Waals surface area contributed by atoms with Gasteiger partial charge in [-0.05, 0) is 66.7 Å². The molecular weight excluding hydrogens is 551 g/mol. The van der Waals surface area contributed by atoms with Crippen LogP contribution in [0.15, 0.2) is 108 Å². The first-order valence-electron chi connectivity index (χ1n) is 12.1. The molecule has 0 saturated heterocycles. The second-order valence-electron chi connectivity index (χ2n) is 8.40. The zero-order chi connectivity index (χ0) is 28.5. The summed E-state index contributed by atoms with van der Waals surface area (Å²) in [4.78, 5) is 39.4. The number of ether oxygens (including phenoxy) is 1. The lowest BCUT2D eigenvalue weighted by Gasteiger charge is -2.12. The summed E-state index contributed by atoms with van der Waals surface area (Å²) >= 11 is 7.50. The summed E-state index contributed by atoms with van der Waals surface area (Å²) < 4.78 is 19.7. The van der Waals surface area contributed by atoms with Crippen molar-refractivity contribution in [1.29, 1.82) is 0 Å². The quantitative estimate of drug-likeness (QED) is 0.123. The number of methoxy groups -OCH3 is 1. The van der Waals surface area contributed by atoms with E-state index in [1.165, 1.54) is 43.1 Å². The molecule has 0 aromatic heterocycles. The number of thioether (sulfide) groups is 1. The normalized spacial score (nSPS) is 11.0. The zero-order valence-electron chi connectivity index (χ0n) is 21.3. The maximum atomic E-state index is 14.5. The van der Waals surface area contributed by atoms with Gasteiger partial charge in [0.25, 0.3) is 11.8 Å². The van der Waals surface area contributed by atoms with Gasteiger partial charge in [-0.25, -0.2) is 4.39 Å². The molecule has 4 aromatic rings. The van der Waals surface area contributed by atoms with Crippen LogP contribution < -0.4 is 15.4 Å². The van der Waals surface area contributed by atoms with Gasteiger partial charge < -0.3 is 15.4 Å². The van der Waals surface area contributed by atoms with E-state index in [4.69, 9.17) is 16.3 Å². The molecule has 0 unspecified atom stereocenters. The Morgan fingerprint density at radius 1 is 0.900 bits per heavy atom. The van der Waals surface area contributed by atoms with Crippen LogP contribution in [0.2, 0.25) is 5.02 Å². The first-order chi connectivity index (χ1) is 19.4. The number of rotatable bonds is 10. The molecule has 0 aliphatic rings. The van der Waals surface area contributed by atoms with E-state index in [-0.39, 0.29) is 27.8 Å². The van der Waals surface area contributed by atoms with Crippen LogP contribution in [0.4, 0.5) is 10.1 Å². The van der Waals surface area contributed by atoms with E-state index in [1.807, 2.05) is 0 Å². The summed E-state index contributed by atoms with van der Waals surface area (Å²) in [6.07, 6.45) is 1.20. The molecule has 0 atom stereocenters. The summed E-state index contributed by atoms with van der Waals surface area (Å²) in [6, 6.07) is 26.4. The van der Waals surface area contributed by atoms with Gasteiger partial charge in [0.05, 0.1) is 23.4 Å². The number of halogens is 2. The van der Waals surface area contributed by atoms with Crippen LogP contribution in [-0.2, 0) is 4.79 Å². The van der Waals surface area contributed by atoms with Crippen LogP contribution in [0.5, 0.6) is 5.75 Å². The van der Waals surface area contributed by atoms with Gasteiger partial charge in [0.1, 0.15) is 17.3 Å². The third kappa shape index (κ3) is 7.37. The van der Waals surface area contributed by atoms with Gasteiger partial charge in [0.15, 0.2) is 5.78 Å². The van der Waals surface area contributed by atoms with Crippen molar-refractivity contribution < 1.29 is 23.5 Å². The van der Waals surface area contributed by atoms with Crippen molar-refractivity contribution >= 4 is 52.7 Å². The molecule has 0 aliphatic carbocycles. The van der Waals surface area contributed by atoms with Crippen LogP contribution in [-0.4, -0.2) is 30.5 Å². The summed E-state index contributed by atoms with van der Waals surface area (Å²) in [6.45, 7) is 0. The Morgan fingerprint density at radius 3 is 2.30 bits per heavy atom. The highest BCUT2D eigenvalue weighted by molar-refractivity contribution is 8.00. The zero-order valence-corrected chi connectivity index (χ0v) is 22.9. The molecule has 40 heavy (non-hydrogen) atoms. The fourth-order valence-corrected chi connectivity index (χ4v) is 4.67. The van der Waals surface area contributed by atoms with Crippen molar-refractivity contribution in [2.75, 3.05) is 18.2 Å². The van der Waals surface area contributed by atoms with Gasteiger partial charge >= 0.3 is 0 Å². The maximum Gasteiger partial charge on any atom is 0.272 e. The molecule has 202 valence electrons. The molecule has 2 N–H and O–H groups in total. The van der Waals surface area contributed by atoms with Crippen molar-refractivity contribution in [2.24, 2.45) is 0 Å². The van der Waals surface area contributed by atoms with Crippen molar-refractivity contribution in [1.82, 2.24) is 5.32 Å². The fourth-order valence-electron chi connectivity index (χ4n) is 3.67. The summed E-state index contributed by atoms with van der Waals surface area (Å²) in [5.41, 5.74) is 1.04. The molecule has 4 aromatic carbocycles. The highest BCUT2D eigenvalue weighted by Gasteiger charge is 2.17. The number of anilines is 1. The lowest BCUT2D eigenvalue weighted by molar-refractivity contribution is -0.113. The standard InChI is InChI=1S/C31H24ClFN2O4S/c1-39-29-13-6-5-10-23(29)28(36)19-40-22-16-14-21(15-17-22)34-31(38)27(18-24-25(32)11-7-12-26(24)33)35-30(37)20-8-3-2-4-9-20/h2-18H,19H2,1H3,(H,34,38)(H,35,37)/b27-18-. The highest BCUT2D eigenvalue weighted by Crippen LogP contribution is 2.25. The monoisotopic (exact) mass is 574 g/mol. The van der Waals surface area contributed by atoms with Crippen LogP contribution >= 0.6 is 23.4 Å². The van der Waals surface area contributed by atoms with E-state index < -0.39 is 17.6 Å². The van der Waals surface area contributed by atoms with Gasteiger partial charge in [-0.2, -0.15) is 0 Å². The molecule has 0 radical (unpaired) electrons. The Balaban J connectivity index is 1.48. The smallest absolute Gasteiger partial charge is 0.272 e. The molecule has 9 heteroatoms. The van der Waals surface area contributed by atoms with E-state index in [1.54, 1.807) is 78.9 Å². The SMILES string of the molecule is COc1ccccc1C(=O)CSc1ccc(NC(=O)/C(=C/c2c(F)cccc2Cl)NC(=O)c2ccccc2)cc1. The lowest BCUT2D eigenvalue weighted by atomic mass is 10.1. The second-order valence-corrected chi connectivity index (χ2v) is 9.86. The van der Waals surface area contributed by atoms with E-state index in [0.29, 0.717) is 22.6 Å². The molecule has 0 fully saturated rings. The molecule has 0 heterocycles. The van der Waals surface area contributed by atoms with Crippen molar-refractivity contribution in [2.45, 2.75) is 4.90 Å². The molecular formula is C31H24ClFN2O4S. The predicted molar refractivity (Wildman–Crippen MR) is 156 cm³/mol. The molecule has 6 nitrogen and oxygen atoms in total. The Morgan fingerprint density at radius 2 is 1.60 bits per heavy atom. The Hall–Kier alpha value is -4.40. The van der Waals surface area contributed by atoms with Gasteiger partial charge in [-0.3, -0.25) is 14.4 Å². The number of carbonyl (C=O) groups excluding carboxylic acids is 3. The Labute approximate surface area is 240 Å². The highest BCUT2D eigenvalue weighted by atomic mass is 35.5. The lowest BCUT2D eigenvalue weighted by Crippen LogP contribution is -2.30. The van der Waals surface area contributed by atoms with Crippen molar-refractivity contribution in [3.05, 3.63) is 130 Å². The predicted octanol–water partition coefficient (Wildman–Crippen LogP) is 6.87. The molecule has 2 amide bonds. The average molecular weight is 575 g/mol. The number of carbonyl (C=O) groups is 3. The van der Waals surface area contributed by atoms with Crippen LogP contribution in [0.25, 0.3) is 6.08 Å². The molecule has 0 spiro atoms.